The molecule has 118 valence electrons. The molecule has 4 rings (SSSR count). The molecule has 0 N–H and O–H groups in total. The van der Waals surface area contributed by atoms with Gasteiger partial charge in [-0.2, -0.15) is 0 Å². The molecule has 0 radical (unpaired) electrons. The summed E-state index contributed by atoms with van der Waals surface area (Å²) < 4.78 is 7.27. The molecule has 2 aliphatic heterocycles. The van der Waals surface area contributed by atoms with E-state index in [-0.39, 0.29) is 5.56 Å². The molecule has 0 bridgehead atoms. The van der Waals surface area contributed by atoms with Gasteiger partial charge in [-0.05, 0) is 32.7 Å². The summed E-state index contributed by atoms with van der Waals surface area (Å²) in [4.78, 5) is 21.2. The lowest BCUT2D eigenvalue weighted by Crippen LogP contribution is -2.43. The highest BCUT2D eigenvalue weighted by Crippen LogP contribution is 2.37. The summed E-state index contributed by atoms with van der Waals surface area (Å²) in [6.45, 7) is 6.72. The van der Waals surface area contributed by atoms with E-state index >= 15 is 0 Å². The number of nitrogens with zero attached hydrogens (tertiary/aromatic N) is 3. The van der Waals surface area contributed by atoms with Crippen molar-refractivity contribution in [3.8, 4) is 0 Å². The molecule has 1 atom stereocenters. The van der Waals surface area contributed by atoms with Crippen LogP contribution in [0.3, 0.4) is 0 Å². The van der Waals surface area contributed by atoms with Gasteiger partial charge in [0.05, 0.1) is 12.3 Å². The molecule has 0 unspecified atom stereocenters. The normalized spacial score (nSPS) is 26.2. The molecule has 6 heteroatoms. The summed E-state index contributed by atoms with van der Waals surface area (Å²) >= 11 is 1.57. The van der Waals surface area contributed by atoms with Gasteiger partial charge < -0.3 is 4.74 Å². The molecule has 2 saturated heterocycles. The van der Waals surface area contributed by atoms with Gasteiger partial charge in [0.1, 0.15) is 0 Å². The fourth-order valence-corrected chi connectivity index (χ4v) is 4.63. The standard InChI is InChI=1S/C16H21N3O2S/c1-12-8-19-14(20)7-13(17-15(19)22-12)9-18-5-2-3-16(10-18)4-6-21-11-16/h7-8H,2-6,9-11H2,1H3/t16-/m1/s1. The Morgan fingerprint density at radius 2 is 2.36 bits per heavy atom. The molecule has 4 heterocycles. The predicted octanol–water partition coefficient (Wildman–Crippen LogP) is 2.07. The molecule has 22 heavy (non-hydrogen) atoms. The van der Waals surface area contributed by atoms with Gasteiger partial charge in [0.15, 0.2) is 4.96 Å². The summed E-state index contributed by atoms with van der Waals surface area (Å²) in [7, 11) is 0. The van der Waals surface area contributed by atoms with Gasteiger partial charge in [-0.1, -0.05) is 0 Å². The zero-order chi connectivity index (χ0) is 15.2. The number of fused-ring (bicyclic) bond motifs is 1. The molecule has 0 aromatic carbocycles. The van der Waals surface area contributed by atoms with Crippen LogP contribution in [0.5, 0.6) is 0 Å². The highest BCUT2D eigenvalue weighted by molar-refractivity contribution is 7.16. The number of thiazole rings is 1. The van der Waals surface area contributed by atoms with Crippen molar-refractivity contribution < 1.29 is 4.74 Å². The monoisotopic (exact) mass is 319 g/mol. The fourth-order valence-electron chi connectivity index (χ4n) is 3.78. The second-order valence-corrected chi connectivity index (χ2v) is 7.91. The summed E-state index contributed by atoms with van der Waals surface area (Å²) in [5, 5.41) is 0. The van der Waals surface area contributed by atoms with E-state index in [4.69, 9.17) is 4.74 Å². The van der Waals surface area contributed by atoms with Gasteiger partial charge in [0, 0.05) is 42.3 Å². The Morgan fingerprint density at radius 3 is 3.18 bits per heavy atom. The van der Waals surface area contributed by atoms with Crippen LogP contribution in [0, 0.1) is 12.3 Å². The van der Waals surface area contributed by atoms with E-state index in [1.807, 2.05) is 13.1 Å². The third-order valence-corrected chi connectivity index (χ3v) is 5.75. The first-order valence-corrected chi connectivity index (χ1v) is 8.74. The number of ether oxygens (including phenoxy) is 1. The third-order valence-electron chi connectivity index (χ3n) is 4.85. The quantitative estimate of drug-likeness (QED) is 0.850. The first-order valence-electron chi connectivity index (χ1n) is 7.92. The molecule has 2 aromatic rings. The maximum absolute atomic E-state index is 12.2. The molecular formula is C16H21N3O2S. The van der Waals surface area contributed by atoms with Gasteiger partial charge in [-0.25, -0.2) is 4.98 Å². The van der Waals surface area contributed by atoms with Crippen molar-refractivity contribution in [2.75, 3.05) is 26.3 Å². The van der Waals surface area contributed by atoms with E-state index in [1.54, 1.807) is 21.8 Å². The number of aromatic nitrogens is 2. The Morgan fingerprint density at radius 1 is 1.45 bits per heavy atom. The molecule has 2 aromatic heterocycles. The lowest BCUT2D eigenvalue weighted by atomic mass is 9.79. The molecular weight excluding hydrogens is 298 g/mol. The maximum Gasteiger partial charge on any atom is 0.258 e. The Labute approximate surface area is 133 Å². The van der Waals surface area contributed by atoms with Gasteiger partial charge in [0.25, 0.3) is 5.56 Å². The number of hydrogen-bond acceptors (Lipinski definition) is 5. The molecule has 2 fully saturated rings. The number of likely N-dealkylation sites (tertiary alicyclic amines) is 1. The van der Waals surface area contributed by atoms with Crippen LogP contribution < -0.4 is 5.56 Å². The summed E-state index contributed by atoms with van der Waals surface area (Å²) in [6, 6.07) is 1.69. The summed E-state index contributed by atoms with van der Waals surface area (Å²) in [5.74, 6) is 0. The summed E-state index contributed by atoms with van der Waals surface area (Å²) in [6.07, 6.45) is 5.51. The van der Waals surface area contributed by atoms with Gasteiger partial charge in [-0.3, -0.25) is 14.1 Å². The second-order valence-electron chi connectivity index (χ2n) is 6.70. The minimum atomic E-state index is 0.0280. The van der Waals surface area contributed by atoms with Crippen LogP contribution in [-0.4, -0.2) is 40.6 Å². The van der Waals surface area contributed by atoms with E-state index in [0.29, 0.717) is 5.41 Å². The fraction of sp³-hybridized carbons (Fsp3) is 0.625. The molecule has 1 spiro atoms. The van der Waals surface area contributed by atoms with Crippen molar-refractivity contribution in [2.45, 2.75) is 32.7 Å². The molecule has 2 aliphatic rings. The van der Waals surface area contributed by atoms with Crippen LogP contribution in [-0.2, 0) is 11.3 Å². The largest absolute Gasteiger partial charge is 0.381 e. The first-order chi connectivity index (χ1) is 10.6. The van der Waals surface area contributed by atoms with Crippen LogP contribution in [0.25, 0.3) is 4.96 Å². The van der Waals surface area contributed by atoms with Crippen molar-refractivity contribution in [3.63, 3.8) is 0 Å². The van der Waals surface area contributed by atoms with Crippen LogP contribution in [0.15, 0.2) is 17.1 Å². The van der Waals surface area contributed by atoms with Crippen molar-refractivity contribution in [3.05, 3.63) is 33.2 Å². The Kier molecular flexibility index (Phi) is 3.55. The Bertz CT molecular complexity index is 745. The van der Waals surface area contributed by atoms with Crippen molar-refractivity contribution in [2.24, 2.45) is 5.41 Å². The lowest BCUT2D eigenvalue weighted by Gasteiger charge is -2.39. The average Bonchev–Trinajstić information content (AvgIpc) is 3.06. The second kappa shape index (κ2) is 5.44. The number of aryl methyl sites for hydroxylation is 1. The van der Waals surface area contributed by atoms with E-state index in [2.05, 4.69) is 9.88 Å². The zero-order valence-corrected chi connectivity index (χ0v) is 13.7. The van der Waals surface area contributed by atoms with Gasteiger partial charge in [-0.15, -0.1) is 11.3 Å². The van der Waals surface area contributed by atoms with Gasteiger partial charge >= 0.3 is 0 Å². The predicted molar refractivity (Wildman–Crippen MR) is 86.5 cm³/mol. The lowest BCUT2D eigenvalue weighted by molar-refractivity contribution is 0.0638. The minimum absolute atomic E-state index is 0.0280. The van der Waals surface area contributed by atoms with Crippen LogP contribution in [0.2, 0.25) is 0 Å². The number of hydrogen-bond donors (Lipinski definition) is 0. The number of rotatable bonds is 2. The van der Waals surface area contributed by atoms with E-state index in [9.17, 15) is 4.79 Å². The Hall–Kier alpha value is -1.24. The highest BCUT2D eigenvalue weighted by Gasteiger charge is 2.38. The minimum Gasteiger partial charge on any atom is -0.381 e. The van der Waals surface area contributed by atoms with E-state index in [1.165, 1.54) is 19.3 Å². The van der Waals surface area contributed by atoms with Crippen molar-refractivity contribution >= 4 is 16.3 Å². The van der Waals surface area contributed by atoms with Gasteiger partial charge in [0.2, 0.25) is 0 Å². The maximum atomic E-state index is 12.2. The SMILES string of the molecule is Cc1cn2c(=O)cc(CN3CCC[C@@]4(CCOC4)C3)nc2s1. The molecule has 0 aliphatic carbocycles. The van der Waals surface area contributed by atoms with E-state index < -0.39 is 0 Å². The molecule has 5 nitrogen and oxygen atoms in total. The van der Waals surface area contributed by atoms with Crippen LogP contribution in [0.1, 0.15) is 29.8 Å². The Balaban J connectivity index is 1.56. The summed E-state index contributed by atoms with van der Waals surface area (Å²) in [5.41, 5.74) is 1.26. The van der Waals surface area contributed by atoms with Crippen molar-refractivity contribution in [1.29, 1.82) is 0 Å². The van der Waals surface area contributed by atoms with Crippen LogP contribution >= 0.6 is 11.3 Å². The average molecular weight is 319 g/mol. The first kappa shape index (κ1) is 14.4. The molecule has 0 saturated carbocycles. The highest BCUT2D eigenvalue weighted by atomic mass is 32.1. The van der Waals surface area contributed by atoms with Crippen LogP contribution in [0.4, 0.5) is 0 Å². The van der Waals surface area contributed by atoms with E-state index in [0.717, 1.165) is 48.4 Å². The zero-order valence-electron chi connectivity index (χ0n) is 12.9. The third kappa shape index (κ3) is 2.59. The molecule has 0 amide bonds. The topological polar surface area (TPSA) is 46.8 Å². The van der Waals surface area contributed by atoms with Crippen molar-refractivity contribution in [1.82, 2.24) is 14.3 Å². The number of piperidine rings is 1. The smallest absolute Gasteiger partial charge is 0.258 e.